The number of hydrogen-bond acceptors (Lipinski definition) is 3. The van der Waals surface area contributed by atoms with Crippen molar-refractivity contribution in [3.63, 3.8) is 0 Å². The molecular formula is C18H18ClN5O2. The van der Waals surface area contributed by atoms with Crippen LogP contribution in [-0.4, -0.2) is 23.7 Å². The number of hydrogen-bond donors (Lipinski definition) is 1. The van der Waals surface area contributed by atoms with Gasteiger partial charge in [0.25, 0.3) is 5.56 Å². The van der Waals surface area contributed by atoms with Crippen molar-refractivity contribution in [3.05, 3.63) is 61.6 Å². The summed E-state index contributed by atoms with van der Waals surface area (Å²) in [6, 6.07) is 7.41. The van der Waals surface area contributed by atoms with E-state index in [-0.39, 0.29) is 17.8 Å². The lowest BCUT2D eigenvalue weighted by Gasteiger charge is -2.07. The molecule has 1 aromatic carbocycles. The van der Waals surface area contributed by atoms with E-state index in [1.165, 1.54) is 9.13 Å². The lowest BCUT2D eigenvalue weighted by Crippen LogP contribution is -2.39. The number of imidazole rings is 1. The van der Waals surface area contributed by atoms with Gasteiger partial charge < -0.3 is 9.55 Å². The van der Waals surface area contributed by atoms with Gasteiger partial charge >= 0.3 is 5.69 Å². The van der Waals surface area contributed by atoms with E-state index in [1.807, 2.05) is 25.1 Å². The highest BCUT2D eigenvalue weighted by atomic mass is 35.5. The molecule has 0 atom stereocenters. The molecule has 0 amide bonds. The Labute approximate surface area is 153 Å². The number of H-pyrrole nitrogens is 1. The van der Waals surface area contributed by atoms with Gasteiger partial charge in [0, 0.05) is 42.1 Å². The maximum Gasteiger partial charge on any atom is 0.332 e. The number of aromatic nitrogens is 5. The van der Waals surface area contributed by atoms with Crippen LogP contribution in [-0.2, 0) is 27.1 Å². The van der Waals surface area contributed by atoms with Crippen LogP contribution >= 0.6 is 11.6 Å². The molecule has 4 rings (SSSR count). The summed E-state index contributed by atoms with van der Waals surface area (Å²) in [6.45, 7) is 2.12. The molecule has 0 saturated carbocycles. The summed E-state index contributed by atoms with van der Waals surface area (Å²) in [5.41, 5.74) is 1.79. The van der Waals surface area contributed by atoms with Crippen molar-refractivity contribution in [2.45, 2.75) is 19.9 Å². The van der Waals surface area contributed by atoms with Gasteiger partial charge in [-0.15, -0.1) is 0 Å². The average Bonchev–Trinajstić information content (AvgIpc) is 3.16. The van der Waals surface area contributed by atoms with Crippen molar-refractivity contribution in [1.29, 1.82) is 0 Å². The number of nitrogens with zero attached hydrogens (tertiary/aromatic N) is 4. The maximum atomic E-state index is 13.0. The van der Waals surface area contributed by atoms with Crippen LogP contribution in [0, 0.1) is 0 Å². The number of halogens is 1. The molecule has 0 fully saturated rings. The standard InChI is InChI=1S/C18H18ClN5O2/c1-4-14-21-16-15(22(14)2)17(25)24(18(26)23(16)3)9-12-8-10-7-11(19)5-6-13(10)20-12/h5-8,20H,4,9H2,1-3H3. The molecular weight excluding hydrogens is 354 g/mol. The van der Waals surface area contributed by atoms with Crippen molar-refractivity contribution in [2.24, 2.45) is 14.1 Å². The Balaban J connectivity index is 1.91. The molecule has 0 aliphatic rings. The minimum absolute atomic E-state index is 0.153. The van der Waals surface area contributed by atoms with Gasteiger partial charge in [-0.25, -0.2) is 9.78 Å². The number of aryl methyl sites for hydroxylation is 3. The molecule has 134 valence electrons. The molecule has 7 nitrogen and oxygen atoms in total. The van der Waals surface area contributed by atoms with E-state index in [0.29, 0.717) is 22.6 Å². The fraction of sp³-hybridized carbons (Fsp3) is 0.278. The van der Waals surface area contributed by atoms with Gasteiger partial charge in [0.05, 0.1) is 6.54 Å². The molecule has 0 aliphatic carbocycles. The fourth-order valence-corrected chi connectivity index (χ4v) is 3.54. The first-order valence-electron chi connectivity index (χ1n) is 8.33. The first-order valence-corrected chi connectivity index (χ1v) is 8.70. The second-order valence-corrected chi connectivity index (χ2v) is 6.81. The fourth-order valence-electron chi connectivity index (χ4n) is 3.36. The molecule has 0 radical (unpaired) electrons. The SMILES string of the molecule is CCc1nc2c(c(=O)n(Cc3cc4cc(Cl)ccc4[nH]3)c(=O)n2C)n1C. The smallest absolute Gasteiger partial charge is 0.332 e. The van der Waals surface area contributed by atoms with Crippen LogP contribution < -0.4 is 11.2 Å². The summed E-state index contributed by atoms with van der Waals surface area (Å²) in [6.07, 6.45) is 0.682. The zero-order chi connectivity index (χ0) is 18.6. The first kappa shape index (κ1) is 16.7. The van der Waals surface area contributed by atoms with E-state index in [1.54, 1.807) is 24.7 Å². The number of fused-ring (bicyclic) bond motifs is 2. The highest BCUT2D eigenvalue weighted by Crippen LogP contribution is 2.20. The highest BCUT2D eigenvalue weighted by Gasteiger charge is 2.18. The molecule has 0 saturated heterocycles. The third-order valence-corrected chi connectivity index (χ3v) is 4.97. The summed E-state index contributed by atoms with van der Waals surface area (Å²) in [4.78, 5) is 33.4. The van der Waals surface area contributed by atoms with E-state index in [2.05, 4.69) is 9.97 Å². The minimum atomic E-state index is -0.389. The minimum Gasteiger partial charge on any atom is -0.357 e. The van der Waals surface area contributed by atoms with E-state index >= 15 is 0 Å². The third-order valence-electron chi connectivity index (χ3n) is 4.74. The highest BCUT2D eigenvalue weighted by molar-refractivity contribution is 6.31. The summed E-state index contributed by atoms with van der Waals surface area (Å²) < 4.78 is 4.42. The molecule has 3 aromatic heterocycles. The van der Waals surface area contributed by atoms with Crippen LogP contribution in [0.1, 0.15) is 18.4 Å². The Morgan fingerprint density at radius 3 is 2.65 bits per heavy atom. The molecule has 26 heavy (non-hydrogen) atoms. The molecule has 0 unspecified atom stereocenters. The zero-order valence-electron chi connectivity index (χ0n) is 14.7. The number of nitrogens with one attached hydrogen (secondary N) is 1. The van der Waals surface area contributed by atoms with Gasteiger partial charge in [-0.3, -0.25) is 13.9 Å². The lowest BCUT2D eigenvalue weighted by atomic mass is 10.2. The van der Waals surface area contributed by atoms with Crippen LogP contribution in [0.25, 0.3) is 22.1 Å². The van der Waals surface area contributed by atoms with Gasteiger partial charge in [0.1, 0.15) is 5.82 Å². The van der Waals surface area contributed by atoms with Gasteiger partial charge in [-0.2, -0.15) is 0 Å². The number of benzene rings is 1. The monoisotopic (exact) mass is 371 g/mol. The molecule has 1 N–H and O–H groups in total. The second-order valence-electron chi connectivity index (χ2n) is 6.37. The first-order chi connectivity index (χ1) is 12.4. The molecule has 0 bridgehead atoms. The van der Waals surface area contributed by atoms with Crippen molar-refractivity contribution in [3.8, 4) is 0 Å². The van der Waals surface area contributed by atoms with E-state index in [0.717, 1.165) is 22.4 Å². The Hall–Kier alpha value is -2.80. The van der Waals surface area contributed by atoms with Crippen LogP contribution in [0.15, 0.2) is 33.9 Å². The van der Waals surface area contributed by atoms with Gasteiger partial charge in [0.2, 0.25) is 0 Å². The topological polar surface area (TPSA) is 77.6 Å². The second kappa shape index (κ2) is 5.88. The van der Waals surface area contributed by atoms with Gasteiger partial charge in [-0.05, 0) is 24.3 Å². The Morgan fingerprint density at radius 1 is 1.15 bits per heavy atom. The van der Waals surface area contributed by atoms with Crippen LogP contribution in [0.3, 0.4) is 0 Å². The molecule has 0 spiro atoms. The Morgan fingerprint density at radius 2 is 1.92 bits per heavy atom. The van der Waals surface area contributed by atoms with Gasteiger partial charge in [-0.1, -0.05) is 18.5 Å². The van der Waals surface area contributed by atoms with E-state index < -0.39 is 0 Å². The maximum absolute atomic E-state index is 13.0. The van der Waals surface area contributed by atoms with Crippen LogP contribution in [0.2, 0.25) is 5.02 Å². The Bertz CT molecular complexity index is 1270. The van der Waals surface area contributed by atoms with Crippen molar-refractivity contribution in [1.82, 2.24) is 23.7 Å². The van der Waals surface area contributed by atoms with Crippen molar-refractivity contribution in [2.75, 3.05) is 0 Å². The van der Waals surface area contributed by atoms with Crippen molar-refractivity contribution >= 4 is 33.7 Å². The van der Waals surface area contributed by atoms with Crippen molar-refractivity contribution < 1.29 is 0 Å². The summed E-state index contributed by atoms with van der Waals surface area (Å²) in [7, 11) is 3.44. The number of aromatic amines is 1. The average molecular weight is 372 g/mol. The predicted molar refractivity (Wildman–Crippen MR) is 102 cm³/mol. The van der Waals surface area contributed by atoms with E-state index in [9.17, 15) is 9.59 Å². The molecule has 8 heteroatoms. The summed E-state index contributed by atoms with van der Waals surface area (Å²) in [5.74, 6) is 0.769. The predicted octanol–water partition coefficient (Wildman–Crippen LogP) is 2.18. The summed E-state index contributed by atoms with van der Waals surface area (Å²) >= 11 is 6.03. The van der Waals surface area contributed by atoms with Crippen LogP contribution in [0.5, 0.6) is 0 Å². The lowest BCUT2D eigenvalue weighted by molar-refractivity contribution is 0.648. The van der Waals surface area contributed by atoms with E-state index in [4.69, 9.17) is 11.6 Å². The quantitative estimate of drug-likeness (QED) is 0.599. The Kier molecular flexibility index (Phi) is 3.77. The third kappa shape index (κ3) is 2.39. The zero-order valence-corrected chi connectivity index (χ0v) is 15.5. The summed E-state index contributed by atoms with van der Waals surface area (Å²) in [5, 5.41) is 1.58. The largest absolute Gasteiger partial charge is 0.357 e. The molecule has 4 aromatic rings. The molecule has 3 heterocycles. The van der Waals surface area contributed by atoms with Crippen LogP contribution in [0.4, 0.5) is 0 Å². The normalized spacial score (nSPS) is 11.7. The molecule has 0 aliphatic heterocycles. The van der Waals surface area contributed by atoms with Gasteiger partial charge in [0.15, 0.2) is 11.2 Å². The number of rotatable bonds is 3.